The first kappa shape index (κ1) is 13.2. The second-order valence-corrected chi connectivity index (χ2v) is 5.33. The van der Waals surface area contributed by atoms with Crippen molar-refractivity contribution < 1.29 is 4.74 Å². The molecule has 1 heterocycles. The second kappa shape index (κ2) is 6.09. The molecule has 0 saturated heterocycles. The van der Waals surface area contributed by atoms with Gasteiger partial charge in [-0.05, 0) is 49.9 Å². The number of benzene rings is 1. The summed E-state index contributed by atoms with van der Waals surface area (Å²) in [5.41, 5.74) is 2.32. The van der Waals surface area contributed by atoms with E-state index in [0.717, 1.165) is 30.4 Å². The summed E-state index contributed by atoms with van der Waals surface area (Å²) in [7, 11) is 1.68. The van der Waals surface area contributed by atoms with Crippen LogP contribution in [-0.2, 0) is 6.42 Å². The van der Waals surface area contributed by atoms with Crippen LogP contribution in [0.3, 0.4) is 0 Å². The average Bonchev–Trinajstić information content (AvgIpc) is 3.20. The molecule has 106 valence electrons. The van der Waals surface area contributed by atoms with Gasteiger partial charge in [-0.15, -0.1) is 0 Å². The monoisotopic (exact) mass is 271 g/mol. The van der Waals surface area contributed by atoms with E-state index in [0.29, 0.717) is 0 Å². The summed E-state index contributed by atoms with van der Waals surface area (Å²) in [4.78, 5) is 0. The van der Waals surface area contributed by atoms with E-state index in [2.05, 4.69) is 16.6 Å². The molecule has 0 unspecified atom stereocenters. The Kier molecular flexibility index (Phi) is 4.02. The van der Waals surface area contributed by atoms with Gasteiger partial charge in [-0.25, -0.2) is 4.68 Å². The van der Waals surface area contributed by atoms with Gasteiger partial charge in [0, 0.05) is 18.3 Å². The molecular weight excluding hydrogens is 250 g/mol. The molecule has 1 fully saturated rings. The van der Waals surface area contributed by atoms with Crippen molar-refractivity contribution in [1.29, 1.82) is 0 Å². The molecule has 1 aliphatic rings. The van der Waals surface area contributed by atoms with Gasteiger partial charge in [-0.3, -0.25) is 0 Å². The molecule has 0 amide bonds. The van der Waals surface area contributed by atoms with E-state index in [1.165, 1.54) is 24.8 Å². The van der Waals surface area contributed by atoms with Gasteiger partial charge in [0.15, 0.2) is 0 Å². The van der Waals surface area contributed by atoms with Crippen LogP contribution < -0.4 is 10.1 Å². The maximum absolute atomic E-state index is 5.24. The minimum Gasteiger partial charge on any atom is -0.497 e. The molecule has 0 aliphatic heterocycles. The highest BCUT2D eigenvalue weighted by molar-refractivity contribution is 5.38. The summed E-state index contributed by atoms with van der Waals surface area (Å²) in [5.74, 6) is 0.855. The molecule has 0 spiro atoms. The first-order valence-electron chi connectivity index (χ1n) is 7.26. The van der Waals surface area contributed by atoms with Crippen molar-refractivity contribution in [1.82, 2.24) is 15.1 Å². The van der Waals surface area contributed by atoms with Crippen LogP contribution in [0, 0.1) is 0 Å². The highest BCUT2D eigenvalue weighted by atomic mass is 16.5. The molecule has 1 N–H and O–H groups in total. The van der Waals surface area contributed by atoms with Crippen molar-refractivity contribution in [2.45, 2.75) is 31.7 Å². The van der Waals surface area contributed by atoms with E-state index < -0.39 is 0 Å². The highest BCUT2D eigenvalue weighted by Crippen LogP contribution is 2.19. The number of hydrogen-bond acceptors (Lipinski definition) is 3. The Balaban J connectivity index is 1.57. The lowest BCUT2D eigenvalue weighted by molar-refractivity contribution is 0.414. The number of ether oxygens (including phenoxy) is 1. The summed E-state index contributed by atoms with van der Waals surface area (Å²) < 4.78 is 7.15. The normalized spacial score (nSPS) is 14.4. The first-order valence-corrected chi connectivity index (χ1v) is 7.26. The zero-order valence-electron chi connectivity index (χ0n) is 11.9. The lowest BCUT2D eigenvalue weighted by Crippen LogP contribution is -2.17. The fraction of sp³-hybridized carbons (Fsp3) is 0.438. The standard InChI is InChI=1S/C16H21N3O/c1-20-16-6-2-5-15(10-16)19-12-13(11-18-19)4-3-9-17-14-7-8-14/h2,5-6,10-12,14,17H,3-4,7-9H2,1H3. The summed E-state index contributed by atoms with van der Waals surface area (Å²) in [6.45, 7) is 1.11. The molecule has 1 aromatic carbocycles. The smallest absolute Gasteiger partial charge is 0.121 e. The minimum atomic E-state index is 0.800. The van der Waals surface area contributed by atoms with Crippen LogP contribution in [0.5, 0.6) is 5.75 Å². The number of nitrogens with zero attached hydrogens (tertiary/aromatic N) is 2. The Labute approximate surface area is 119 Å². The summed E-state index contributed by atoms with van der Waals surface area (Å²) in [6, 6.07) is 8.75. The van der Waals surface area contributed by atoms with Gasteiger partial charge in [0.1, 0.15) is 5.75 Å². The van der Waals surface area contributed by atoms with Crippen molar-refractivity contribution in [2.24, 2.45) is 0 Å². The van der Waals surface area contributed by atoms with E-state index in [1.807, 2.05) is 35.1 Å². The SMILES string of the molecule is COc1cccc(-n2cc(CCCNC3CC3)cn2)c1. The maximum Gasteiger partial charge on any atom is 0.121 e. The van der Waals surface area contributed by atoms with Gasteiger partial charge in [-0.1, -0.05) is 6.07 Å². The van der Waals surface area contributed by atoms with Gasteiger partial charge >= 0.3 is 0 Å². The predicted octanol–water partition coefficient (Wildman–Crippen LogP) is 2.57. The largest absolute Gasteiger partial charge is 0.497 e. The van der Waals surface area contributed by atoms with Gasteiger partial charge in [0.05, 0.1) is 19.0 Å². The number of nitrogens with one attached hydrogen (secondary N) is 1. The third-order valence-corrected chi connectivity index (χ3v) is 3.61. The topological polar surface area (TPSA) is 39.1 Å². The fourth-order valence-electron chi connectivity index (χ4n) is 2.27. The molecular formula is C16H21N3O. The Bertz CT molecular complexity index is 560. The van der Waals surface area contributed by atoms with E-state index in [1.54, 1.807) is 7.11 Å². The average molecular weight is 271 g/mol. The molecule has 1 aliphatic carbocycles. The van der Waals surface area contributed by atoms with Crippen LogP contribution in [0.1, 0.15) is 24.8 Å². The fourth-order valence-corrected chi connectivity index (χ4v) is 2.27. The van der Waals surface area contributed by atoms with E-state index in [4.69, 9.17) is 4.74 Å². The molecule has 1 saturated carbocycles. The number of rotatable bonds is 7. The van der Waals surface area contributed by atoms with Crippen LogP contribution in [0.25, 0.3) is 5.69 Å². The van der Waals surface area contributed by atoms with Crippen LogP contribution in [0.15, 0.2) is 36.7 Å². The molecule has 4 nitrogen and oxygen atoms in total. The van der Waals surface area contributed by atoms with Crippen molar-refractivity contribution >= 4 is 0 Å². The quantitative estimate of drug-likeness (QED) is 0.787. The van der Waals surface area contributed by atoms with Crippen molar-refractivity contribution in [3.8, 4) is 11.4 Å². The molecule has 0 atom stereocenters. The zero-order valence-corrected chi connectivity index (χ0v) is 11.9. The molecule has 0 radical (unpaired) electrons. The van der Waals surface area contributed by atoms with Crippen molar-refractivity contribution in [3.05, 3.63) is 42.2 Å². The van der Waals surface area contributed by atoms with Crippen LogP contribution in [-0.4, -0.2) is 29.5 Å². The number of aryl methyl sites for hydroxylation is 1. The third-order valence-electron chi connectivity index (χ3n) is 3.61. The number of aromatic nitrogens is 2. The van der Waals surface area contributed by atoms with Crippen LogP contribution >= 0.6 is 0 Å². The Morgan fingerprint density at radius 3 is 3.10 bits per heavy atom. The zero-order chi connectivity index (χ0) is 13.8. The number of hydrogen-bond donors (Lipinski definition) is 1. The first-order chi connectivity index (χ1) is 9.85. The lowest BCUT2D eigenvalue weighted by Gasteiger charge is -2.04. The predicted molar refractivity (Wildman–Crippen MR) is 79.5 cm³/mol. The lowest BCUT2D eigenvalue weighted by atomic mass is 10.2. The minimum absolute atomic E-state index is 0.800. The van der Waals surface area contributed by atoms with Crippen molar-refractivity contribution in [3.63, 3.8) is 0 Å². The third kappa shape index (κ3) is 3.39. The van der Waals surface area contributed by atoms with Gasteiger partial charge < -0.3 is 10.1 Å². The Hall–Kier alpha value is -1.81. The molecule has 4 heteroatoms. The van der Waals surface area contributed by atoms with Gasteiger partial charge in [-0.2, -0.15) is 5.10 Å². The second-order valence-electron chi connectivity index (χ2n) is 5.33. The molecule has 2 aromatic rings. The Morgan fingerprint density at radius 1 is 1.40 bits per heavy atom. The van der Waals surface area contributed by atoms with E-state index in [-0.39, 0.29) is 0 Å². The summed E-state index contributed by atoms with van der Waals surface area (Å²) >= 11 is 0. The van der Waals surface area contributed by atoms with Gasteiger partial charge in [0.25, 0.3) is 0 Å². The molecule has 0 bridgehead atoms. The maximum atomic E-state index is 5.24. The summed E-state index contributed by atoms with van der Waals surface area (Å²) in [5, 5.41) is 7.97. The van der Waals surface area contributed by atoms with Crippen molar-refractivity contribution in [2.75, 3.05) is 13.7 Å². The number of methoxy groups -OCH3 is 1. The molecule has 1 aromatic heterocycles. The summed E-state index contributed by atoms with van der Waals surface area (Å²) in [6.07, 6.45) is 9.01. The molecule has 3 rings (SSSR count). The van der Waals surface area contributed by atoms with E-state index >= 15 is 0 Å². The highest BCUT2D eigenvalue weighted by Gasteiger charge is 2.19. The van der Waals surface area contributed by atoms with Crippen LogP contribution in [0.2, 0.25) is 0 Å². The van der Waals surface area contributed by atoms with E-state index in [9.17, 15) is 0 Å². The molecule has 20 heavy (non-hydrogen) atoms. The van der Waals surface area contributed by atoms with Gasteiger partial charge in [0.2, 0.25) is 0 Å². The van der Waals surface area contributed by atoms with Crippen LogP contribution in [0.4, 0.5) is 0 Å². The Morgan fingerprint density at radius 2 is 2.30 bits per heavy atom.